The maximum Gasteiger partial charge on any atom is 0.283 e. The van der Waals surface area contributed by atoms with Gasteiger partial charge in [-0.05, 0) is 13.0 Å². The van der Waals surface area contributed by atoms with Crippen molar-refractivity contribution in [2.45, 2.75) is 6.92 Å². The molecular weight excluding hydrogens is 356 g/mol. The Kier molecular flexibility index (Phi) is 5.74. The Morgan fingerprint density at radius 1 is 1.31 bits per heavy atom. The fourth-order valence-corrected chi connectivity index (χ4v) is 3.71. The van der Waals surface area contributed by atoms with E-state index >= 15 is 0 Å². The van der Waals surface area contributed by atoms with Crippen LogP contribution in [0.5, 0.6) is 0 Å². The van der Waals surface area contributed by atoms with E-state index in [-0.39, 0.29) is 11.6 Å². The van der Waals surface area contributed by atoms with Gasteiger partial charge in [0.2, 0.25) is 5.95 Å². The zero-order valence-corrected chi connectivity index (χ0v) is 15.2. The molecule has 138 valence electrons. The third kappa shape index (κ3) is 4.33. The van der Waals surface area contributed by atoms with Gasteiger partial charge in [-0.2, -0.15) is 0 Å². The van der Waals surface area contributed by atoms with E-state index in [4.69, 9.17) is 0 Å². The van der Waals surface area contributed by atoms with Crippen molar-refractivity contribution in [3.8, 4) is 0 Å². The molecule has 1 aliphatic rings. The van der Waals surface area contributed by atoms with Crippen molar-refractivity contribution in [2.24, 2.45) is 0 Å². The molecule has 1 amide bonds. The van der Waals surface area contributed by atoms with Crippen LogP contribution in [0, 0.1) is 17.0 Å². The summed E-state index contributed by atoms with van der Waals surface area (Å²) < 4.78 is 0. The van der Waals surface area contributed by atoms with Gasteiger partial charge in [0, 0.05) is 57.7 Å². The first-order valence-electron chi connectivity index (χ1n) is 8.32. The lowest BCUT2D eigenvalue weighted by Gasteiger charge is -2.34. The van der Waals surface area contributed by atoms with Gasteiger partial charge in [0.15, 0.2) is 0 Å². The molecule has 1 N–H and O–H groups in total. The standard InChI is InChI=1S/C16H20N6O3S/c1-12-13(22(24)25)11-14(26-12)15(23)17-5-6-20-7-9-21(10-8-20)16-18-3-2-4-19-16/h2-4,11H,5-10H2,1H3,(H,17,23). The normalized spacial score (nSPS) is 15.0. The molecule has 1 saturated heterocycles. The largest absolute Gasteiger partial charge is 0.350 e. The lowest BCUT2D eigenvalue weighted by Crippen LogP contribution is -2.48. The van der Waals surface area contributed by atoms with Crippen LogP contribution < -0.4 is 10.2 Å². The van der Waals surface area contributed by atoms with E-state index in [0.717, 1.165) is 50.0 Å². The van der Waals surface area contributed by atoms with Crippen molar-refractivity contribution >= 4 is 28.9 Å². The maximum absolute atomic E-state index is 12.1. The average Bonchev–Trinajstić information content (AvgIpc) is 3.05. The number of amides is 1. The predicted molar refractivity (Wildman–Crippen MR) is 98.7 cm³/mol. The number of piperazine rings is 1. The average molecular weight is 376 g/mol. The van der Waals surface area contributed by atoms with Gasteiger partial charge in [-0.3, -0.25) is 19.8 Å². The van der Waals surface area contributed by atoms with E-state index < -0.39 is 4.92 Å². The number of hydrogen-bond acceptors (Lipinski definition) is 8. The van der Waals surface area contributed by atoms with Crippen LogP contribution >= 0.6 is 11.3 Å². The van der Waals surface area contributed by atoms with Gasteiger partial charge in [0.25, 0.3) is 11.6 Å². The number of thiophene rings is 1. The molecule has 0 atom stereocenters. The number of aryl methyl sites for hydroxylation is 1. The number of nitrogens with one attached hydrogen (secondary N) is 1. The van der Waals surface area contributed by atoms with Crippen LogP contribution in [-0.4, -0.2) is 65.0 Å². The van der Waals surface area contributed by atoms with Crippen LogP contribution in [-0.2, 0) is 0 Å². The molecule has 2 aromatic rings. The number of rotatable bonds is 6. The summed E-state index contributed by atoms with van der Waals surface area (Å²) in [5.74, 6) is 0.484. The second-order valence-corrected chi connectivity index (χ2v) is 7.20. The molecule has 1 fully saturated rings. The Labute approximate surface area is 154 Å². The van der Waals surface area contributed by atoms with Gasteiger partial charge in [-0.1, -0.05) is 0 Å². The summed E-state index contributed by atoms with van der Waals surface area (Å²) >= 11 is 1.15. The van der Waals surface area contributed by atoms with Crippen molar-refractivity contribution in [2.75, 3.05) is 44.2 Å². The highest BCUT2D eigenvalue weighted by Crippen LogP contribution is 2.27. The highest BCUT2D eigenvalue weighted by molar-refractivity contribution is 7.14. The second kappa shape index (κ2) is 8.19. The van der Waals surface area contributed by atoms with Crippen LogP contribution in [0.3, 0.4) is 0 Å². The molecule has 10 heteroatoms. The predicted octanol–water partition coefficient (Wildman–Crippen LogP) is 1.31. The smallest absolute Gasteiger partial charge is 0.283 e. The van der Waals surface area contributed by atoms with Gasteiger partial charge in [0.1, 0.15) is 0 Å². The summed E-state index contributed by atoms with van der Waals surface area (Å²) in [5, 5.41) is 13.7. The van der Waals surface area contributed by atoms with Gasteiger partial charge < -0.3 is 10.2 Å². The Morgan fingerprint density at radius 2 is 2.00 bits per heavy atom. The van der Waals surface area contributed by atoms with E-state index in [2.05, 4.69) is 25.1 Å². The minimum absolute atomic E-state index is 0.000553. The molecule has 0 aromatic carbocycles. The van der Waals surface area contributed by atoms with E-state index in [1.54, 1.807) is 25.4 Å². The number of aromatic nitrogens is 2. The molecular formula is C16H20N6O3S. The van der Waals surface area contributed by atoms with Crippen LogP contribution in [0.15, 0.2) is 24.5 Å². The molecule has 1 aliphatic heterocycles. The number of nitro groups is 1. The molecule has 3 rings (SSSR count). The molecule has 0 bridgehead atoms. The topological polar surface area (TPSA) is 104 Å². The molecule has 26 heavy (non-hydrogen) atoms. The lowest BCUT2D eigenvalue weighted by atomic mass is 10.3. The van der Waals surface area contributed by atoms with Crippen LogP contribution in [0.1, 0.15) is 14.5 Å². The highest BCUT2D eigenvalue weighted by atomic mass is 32.1. The Balaban J connectivity index is 1.42. The molecule has 9 nitrogen and oxygen atoms in total. The van der Waals surface area contributed by atoms with Crippen LogP contribution in [0.25, 0.3) is 0 Å². The number of anilines is 1. The van der Waals surface area contributed by atoms with Gasteiger partial charge in [0.05, 0.1) is 14.7 Å². The molecule has 0 aliphatic carbocycles. The monoisotopic (exact) mass is 376 g/mol. The first-order valence-corrected chi connectivity index (χ1v) is 9.13. The van der Waals surface area contributed by atoms with Crippen LogP contribution in [0.2, 0.25) is 0 Å². The number of carbonyl (C=O) groups excluding carboxylic acids is 1. The maximum atomic E-state index is 12.1. The molecule has 0 radical (unpaired) electrons. The summed E-state index contributed by atoms with van der Waals surface area (Å²) in [7, 11) is 0. The van der Waals surface area contributed by atoms with Crippen molar-refractivity contribution in [1.82, 2.24) is 20.2 Å². The van der Waals surface area contributed by atoms with Crippen molar-refractivity contribution in [3.05, 3.63) is 44.4 Å². The lowest BCUT2D eigenvalue weighted by molar-refractivity contribution is -0.385. The number of nitrogens with zero attached hydrogens (tertiary/aromatic N) is 5. The highest BCUT2D eigenvalue weighted by Gasteiger charge is 2.21. The van der Waals surface area contributed by atoms with Crippen molar-refractivity contribution in [3.63, 3.8) is 0 Å². The van der Waals surface area contributed by atoms with Crippen molar-refractivity contribution in [1.29, 1.82) is 0 Å². The van der Waals surface area contributed by atoms with Crippen LogP contribution in [0.4, 0.5) is 11.6 Å². The molecule has 0 saturated carbocycles. The van der Waals surface area contributed by atoms with E-state index in [1.807, 2.05) is 0 Å². The first-order chi connectivity index (χ1) is 12.5. The van der Waals surface area contributed by atoms with Gasteiger partial charge in [-0.15, -0.1) is 11.3 Å². The summed E-state index contributed by atoms with van der Waals surface area (Å²) in [6.45, 7) is 6.32. The zero-order chi connectivity index (χ0) is 18.5. The van der Waals surface area contributed by atoms with E-state index in [0.29, 0.717) is 16.3 Å². The fourth-order valence-electron chi connectivity index (χ4n) is 2.81. The number of hydrogen-bond donors (Lipinski definition) is 1. The minimum Gasteiger partial charge on any atom is -0.350 e. The minimum atomic E-state index is -0.460. The van der Waals surface area contributed by atoms with Crippen molar-refractivity contribution < 1.29 is 9.72 Å². The third-order valence-electron chi connectivity index (χ3n) is 4.23. The Hall–Kier alpha value is -2.59. The second-order valence-electron chi connectivity index (χ2n) is 5.94. The zero-order valence-electron chi connectivity index (χ0n) is 14.4. The molecule has 0 spiro atoms. The Bertz CT molecular complexity index is 774. The van der Waals surface area contributed by atoms with Gasteiger partial charge >= 0.3 is 0 Å². The SMILES string of the molecule is Cc1sc(C(=O)NCCN2CCN(c3ncccn3)CC2)cc1[N+](=O)[O-]. The third-order valence-corrected chi connectivity index (χ3v) is 5.27. The Morgan fingerprint density at radius 3 is 2.62 bits per heavy atom. The fraction of sp³-hybridized carbons (Fsp3) is 0.438. The molecule has 0 unspecified atom stereocenters. The quantitative estimate of drug-likeness (QED) is 0.598. The van der Waals surface area contributed by atoms with E-state index in [9.17, 15) is 14.9 Å². The summed E-state index contributed by atoms with van der Waals surface area (Å²) in [4.78, 5) is 36.4. The molecule has 3 heterocycles. The number of carbonyl (C=O) groups is 1. The summed E-state index contributed by atoms with van der Waals surface area (Å²) in [6.07, 6.45) is 3.47. The summed E-state index contributed by atoms with van der Waals surface area (Å²) in [6, 6.07) is 3.14. The van der Waals surface area contributed by atoms with E-state index in [1.165, 1.54) is 6.07 Å². The first kappa shape index (κ1) is 18.2. The summed E-state index contributed by atoms with van der Waals surface area (Å²) in [5.41, 5.74) is -0.000553. The van der Waals surface area contributed by atoms with Gasteiger partial charge in [-0.25, -0.2) is 9.97 Å². The molecule has 2 aromatic heterocycles.